The highest BCUT2D eigenvalue weighted by molar-refractivity contribution is 5.97. The Morgan fingerprint density at radius 1 is 1.00 bits per heavy atom. The maximum Gasteiger partial charge on any atom is 0.247 e. The highest BCUT2D eigenvalue weighted by atomic mass is 16.5. The zero-order chi connectivity index (χ0) is 36.1. The molecule has 0 aliphatic heterocycles. The predicted molar refractivity (Wildman–Crippen MR) is 194 cm³/mol. The van der Waals surface area contributed by atoms with Crippen molar-refractivity contribution in [3.63, 3.8) is 0 Å². The van der Waals surface area contributed by atoms with Gasteiger partial charge in [-0.25, -0.2) is 4.98 Å². The summed E-state index contributed by atoms with van der Waals surface area (Å²) in [6.45, 7) is 9.48. The number of aromatic amines is 1. The Labute approximate surface area is 292 Å². The highest BCUT2D eigenvalue weighted by Crippen LogP contribution is 2.50. The number of methoxy groups -OCH3 is 3. The number of amides is 2. The molecule has 1 aliphatic carbocycles. The van der Waals surface area contributed by atoms with Gasteiger partial charge in [0.25, 0.3) is 0 Å². The molecule has 0 saturated heterocycles. The van der Waals surface area contributed by atoms with Crippen LogP contribution in [0.25, 0.3) is 22.5 Å². The third-order valence-electron chi connectivity index (χ3n) is 9.16. The van der Waals surface area contributed by atoms with Gasteiger partial charge in [0.2, 0.25) is 23.0 Å². The van der Waals surface area contributed by atoms with Crippen LogP contribution in [-0.4, -0.2) is 54.4 Å². The van der Waals surface area contributed by atoms with Gasteiger partial charge in [-0.3, -0.25) is 19.5 Å². The molecule has 3 atom stereocenters. The van der Waals surface area contributed by atoms with Crippen LogP contribution in [0.3, 0.4) is 0 Å². The molecule has 2 amide bonds. The molecule has 1 aromatic heterocycles. The van der Waals surface area contributed by atoms with Crippen LogP contribution in [0.1, 0.15) is 76.4 Å². The van der Waals surface area contributed by atoms with Crippen molar-refractivity contribution in [2.75, 3.05) is 32.0 Å². The maximum absolute atomic E-state index is 14.0. The molecule has 0 fully saturated rings. The number of ether oxygens (including phenoxy) is 3. The normalized spacial score (nSPS) is 14.8. The molecule has 1 heterocycles. The quantitative estimate of drug-likeness (QED) is 0.136. The number of benzene rings is 2. The first-order chi connectivity index (χ1) is 24.0. The van der Waals surface area contributed by atoms with Crippen molar-refractivity contribution in [2.45, 2.75) is 71.9 Å². The number of nitrogens with one attached hydrogen (secondary N) is 4. The summed E-state index contributed by atoms with van der Waals surface area (Å²) in [5.74, 6) is 2.28. The van der Waals surface area contributed by atoms with E-state index in [1.54, 1.807) is 39.5 Å². The summed E-state index contributed by atoms with van der Waals surface area (Å²) in [5.41, 5.74) is 4.27. The summed E-state index contributed by atoms with van der Waals surface area (Å²) < 4.78 is 17.2. The van der Waals surface area contributed by atoms with Gasteiger partial charge in [-0.05, 0) is 65.8 Å². The summed E-state index contributed by atoms with van der Waals surface area (Å²) in [5, 5.41) is 16.6. The smallest absolute Gasteiger partial charge is 0.247 e. The number of aryl methyl sites for hydroxylation is 1. The lowest BCUT2D eigenvalue weighted by Gasteiger charge is -2.24. The molecule has 3 aromatic carbocycles. The first-order valence-electron chi connectivity index (χ1n) is 16.9. The van der Waals surface area contributed by atoms with E-state index in [2.05, 4.69) is 31.1 Å². The van der Waals surface area contributed by atoms with Crippen molar-refractivity contribution >= 4 is 23.2 Å². The second kappa shape index (κ2) is 15.4. The molecule has 4 aromatic rings. The lowest BCUT2D eigenvalue weighted by molar-refractivity contribution is -0.120. The Hall–Kier alpha value is -5.39. The molecule has 0 radical (unpaired) electrons. The van der Waals surface area contributed by atoms with Gasteiger partial charge in [0.15, 0.2) is 17.3 Å². The average molecular weight is 683 g/mol. The number of H-pyrrole nitrogens is 1. The van der Waals surface area contributed by atoms with E-state index in [9.17, 15) is 14.4 Å². The van der Waals surface area contributed by atoms with Crippen LogP contribution in [0.2, 0.25) is 0 Å². The predicted octanol–water partition coefficient (Wildman–Crippen LogP) is 6.24. The fourth-order valence-electron chi connectivity index (χ4n) is 6.31. The Kier molecular flexibility index (Phi) is 11.1. The zero-order valence-electron chi connectivity index (χ0n) is 29.9. The van der Waals surface area contributed by atoms with Crippen molar-refractivity contribution in [3.8, 4) is 39.8 Å². The van der Waals surface area contributed by atoms with Gasteiger partial charge in [-0.15, -0.1) is 0 Å². The number of carbonyl (C=O) groups is 2. The summed E-state index contributed by atoms with van der Waals surface area (Å²) in [6, 6.07) is 13.1. The minimum atomic E-state index is -0.744. The lowest BCUT2D eigenvalue weighted by atomic mass is 9.95. The number of nitrogens with zero attached hydrogens (tertiary/aromatic N) is 2. The van der Waals surface area contributed by atoms with Gasteiger partial charge in [-0.2, -0.15) is 5.10 Å². The molecule has 12 heteroatoms. The fraction of sp³-hybridized carbons (Fsp3) is 0.395. The first kappa shape index (κ1) is 35.9. The third-order valence-corrected chi connectivity index (χ3v) is 9.16. The van der Waals surface area contributed by atoms with Crippen molar-refractivity contribution in [2.24, 2.45) is 5.92 Å². The van der Waals surface area contributed by atoms with Gasteiger partial charge in [-0.1, -0.05) is 52.3 Å². The van der Waals surface area contributed by atoms with E-state index in [1.165, 1.54) is 6.92 Å². The molecular formula is C38H46N6O6. The summed E-state index contributed by atoms with van der Waals surface area (Å²) in [7, 11) is 4.66. The number of hydrogen-bond donors (Lipinski definition) is 4. The van der Waals surface area contributed by atoms with Crippen LogP contribution >= 0.6 is 0 Å². The van der Waals surface area contributed by atoms with Crippen molar-refractivity contribution < 1.29 is 23.8 Å². The largest absolute Gasteiger partial charge is 0.493 e. The standard InChI is InChI=1S/C38H46N6O6/c1-9-21(4)33(38(47)40-25-12-10-11-24(17-25)37-42-36(20(2)3)43-44-37)41-29-16-14-26-27(19-30(29)46)28(39-22(5)45)15-13-23-18-31(48-6)34(49-7)35(50-8)32(23)26/h10-12,14,16-21,28,33H,9,13,15H2,1-8H3,(H,39,45)(H,40,47)(H,41,46)(H,42,43,44)/t21-,28+,33+/m1/s1. The average Bonchev–Trinajstić information content (AvgIpc) is 3.49. The topological polar surface area (TPSA) is 157 Å². The molecule has 0 spiro atoms. The molecule has 5 rings (SSSR count). The van der Waals surface area contributed by atoms with E-state index < -0.39 is 12.1 Å². The summed E-state index contributed by atoms with van der Waals surface area (Å²) in [4.78, 5) is 44.8. The number of hydrogen-bond acceptors (Lipinski definition) is 9. The van der Waals surface area contributed by atoms with E-state index in [-0.39, 0.29) is 34.8 Å². The van der Waals surface area contributed by atoms with Gasteiger partial charge in [0, 0.05) is 29.7 Å². The number of anilines is 2. The highest BCUT2D eigenvalue weighted by Gasteiger charge is 2.30. The van der Waals surface area contributed by atoms with E-state index >= 15 is 0 Å². The number of rotatable bonds is 12. The summed E-state index contributed by atoms with van der Waals surface area (Å²) >= 11 is 0. The molecule has 4 N–H and O–H groups in total. The van der Waals surface area contributed by atoms with Crippen LogP contribution in [0.15, 0.2) is 53.3 Å². The Morgan fingerprint density at radius 3 is 2.40 bits per heavy atom. The third kappa shape index (κ3) is 7.44. The monoisotopic (exact) mass is 682 g/mol. The minimum absolute atomic E-state index is 0.132. The number of carbonyl (C=O) groups excluding carboxylic acids is 2. The molecular weight excluding hydrogens is 636 g/mol. The lowest BCUT2D eigenvalue weighted by Crippen LogP contribution is -2.40. The number of fused-ring (bicyclic) bond motifs is 3. The molecule has 1 aliphatic rings. The second-order valence-corrected chi connectivity index (χ2v) is 12.9. The molecule has 264 valence electrons. The summed E-state index contributed by atoms with van der Waals surface area (Å²) in [6.07, 6.45) is 1.80. The molecule has 50 heavy (non-hydrogen) atoms. The van der Waals surface area contributed by atoms with Crippen molar-refractivity contribution in [3.05, 3.63) is 75.7 Å². The van der Waals surface area contributed by atoms with Crippen LogP contribution < -0.4 is 35.6 Å². The molecule has 12 nitrogen and oxygen atoms in total. The van der Waals surface area contributed by atoms with Crippen LogP contribution in [0, 0.1) is 5.92 Å². The van der Waals surface area contributed by atoms with E-state index in [4.69, 9.17) is 14.2 Å². The molecule has 0 unspecified atom stereocenters. The van der Waals surface area contributed by atoms with E-state index in [0.29, 0.717) is 59.1 Å². The van der Waals surface area contributed by atoms with Crippen molar-refractivity contribution in [1.29, 1.82) is 0 Å². The van der Waals surface area contributed by atoms with Crippen molar-refractivity contribution in [1.82, 2.24) is 20.5 Å². The fourth-order valence-corrected chi connectivity index (χ4v) is 6.31. The van der Waals surface area contributed by atoms with E-state index in [0.717, 1.165) is 22.5 Å². The maximum atomic E-state index is 14.0. The number of aromatic nitrogens is 3. The first-order valence-corrected chi connectivity index (χ1v) is 16.9. The zero-order valence-corrected chi connectivity index (χ0v) is 29.9. The Bertz CT molecular complexity index is 1940. The van der Waals surface area contributed by atoms with Crippen LogP contribution in [0.4, 0.5) is 11.4 Å². The van der Waals surface area contributed by atoms with Gasteiger partial charge in [0.05, 0.1) is 33.1 Å². The minimum Gasteiger partial charge on any atom is -0.493 e. The van der Waals surface area contributed by atoms with Gasteiger partial charge in [0.1, 0.15) is 11.9 Å². The molecule has 0 saturated carbocycles. The Morgan fingerprint density at radius 2 is 1.76 bits per heavy atom. The van der Waals surface area contributed by atoms with E-state index in [1.807, 2.05) is 58.0 Å². The SMILES string of the molecule is CC[C@@H](C)[C@H](Nc1ccc2c(cc1=O)[C@@H](NC(C)=O)CCc1cc(OC)c(OC)c(OC)c1-2)C(=O)Nc1cccc(-c2n[nH]c(C(C)C)n2)c1. The Balaban J connectivity index is 1.54. The second-order valence-electron chi connectivity index (χ2n) is 12.9. The molecule has 0 bridgehead atoms. The van der Waals surface area contributed by atoms with Gasteiger partial charge < -0.3 is 30.2 Å². The van der Waals surface area contributed by atoms with Gasteiger partial charge >= 0.3 is 0 Å². The van der Waals surface area contributed by atoms with Crippen LogP contribution in [0.5, 0.6) is 17.2 Å². The van der Waals surface area contributed by atoms with Crippen LogP contribution in [-0.2, 0) is 16.0 Å².